The number of rotatable bonds is 3. The molecule has 1 aromatic heterocycles. The molecule has 1 amide bonds. The molecule has 0 fully saturated rings. The zero-order valence-corrected chi connectivity index (χ0v) is 14.9. The number of hydrogen-bond donors (Lipinski definition) is 3. The molecular weight excluding hydrogens is 340 g/mol. The van der Waals surface area contributed by atoms with Gasteiger partial charge >= 0.3 is 0 Å². The fourth-order valence-corrected chi connectivity index (χ4v) is 2.92. The normalized spacial score (nSPS) is 10.3. The number of aromatic hydroxyl groups is 1. The lowest BCUT2D eigenvalue weighted by atomic mass is 9.97. The monoisotopic (exact) mass is 358 g/mol. The molecule has 0 bridgehead atoms. The molecule has 2 aromatic carbocycles. The molecule has 3 rings (SSSR count). The molecule has 6 nitrogen and oxygen atoms in total. The van der Waals surface area contributed by atoms with Crippen LogP contribution in [0.5, 0.6) is 5.75 Å². The molecule has 0 saturated heterocycles. The molecule has 0 aliphatic heterocycles. The zero-order chi connectivity index (χ0) is 19.6. The Hall–Kier alpha value is -3.85. The van der Waals surface area contributed by atoms with Gasteiger partial charge in [0.05, 0.1) is 5.69 Å². The molecule has 3 aromatic rings. The van der Waals surface area contributed by atoms with Crippen molar-refractivity contribution in [1.29, 1.82) is 5.26 Å². The predicted octanol–water partition coefficient (Wildman–Crippen LogP) is 3.84. The van der Waals surface area contributed by atoms with E-state index in [4.69, 9.17) is 5.73 Å². The topological polar surface area (TPSA) is 112 Å². The van der Waals surface area contributed by atoms with Crippen LogP contribution >= 0.6 is 0 Å². The second-order valence-electron chi connectivity index (χ2n) is 6.18. The van der Waals surface area contributed by atoms with Crippen LogP contribution in [-0.4, -0.2) is 16.0 Å². The van der Waals surface area contributed by atoms with Crippen molar-refractivity contribution in [2.75, 3.05) is 11.1 Å². The Morgan fingerprint density at radius 3 is 2.44 bits per heavy atom. The number of pyridine rings is 1. The summed E-state index contributed by atoms with van der Waals surface area (Å²) in [4.78, 5) is 15.5. The molecule has 0 aliphatic rings. The highest BCUT2D eigenvalue weighted by Crippen LogP contribution is 2.33. The molecule has 0 radical (unpaired) electrons. The summed E-state index contributed by atoms with van der Waals surface area (Å²) < 4.78 is 0. The number of hydrogen-bond acceptors (Lipinski definition) is 5. The fourth-order valence-electron chi connectivity index (χ4n) is 2.92. The number of carbonyl (C=O) groups excluding carboxylic acids is 1. The van der Waals surface area contributed by atoms with Gasteiger partial charge in [-0.25, -0.2) is 4.98 Å². The van der Waals surface area contributed by atoms with Gasteiger partial charge < -0.3 is 16.2 Å². The number of amides is 1. The summed E-state index contributed by atoms with van der Waals surface area (Å²) in [6.07, 6.45) is 0. The van der Waals surface area contributed by atoms with Crippen LogP contribution in [0, 0.1) is 18.3 Å². The first-order valence-corrected chi connectivity index (χ1v) is 8.27. The van der Waals surface area contributed by atoms with Gasteiger partial charge in [0.15, 0.2) is 0 Å². The van der Waals surface area contributed by atoms with Crippen molar-refractivity contribution >= 4 is 17.4 Å². The van der Waals surface area contributed by atoms with Gasteiger partial charge in [0.25, 0.3) is 0 Å². The summed E-state index contributed by atoms with van der Waals surface area (Å²) in [7, 11) is 0. The Kier molecular flexibility index (Phi) is 4.77. The highest BCUT2D eigenvalue weighted by atomic mass is 16.3. The lowest BCUT2D eigenvalue weighted by molar-refractivity contribution is -0.114. The van der Waals surface area contributed by atoms with Crippen molar-refractivity contribution < 1.29 is 9.90 Å². The average molecular weight is 358 g/mol. The summed E-state index contributed by atoms with van der Waals surface area (Å²) in [5.41, 5.74) is 10.7. The number of phenols is 1. The summed E-state index contributed by atoms with van der Waals surface area (Å²) >= 11 is 0. The minimum absolute atomic E-state index is 0.142. The van der Waals surface area contributed by atoms with E-state index < -0.39 is 0 Å². The van der Waals surface area contributed by atoms with Crippen LogP contribution < -0.4 is 11.1 Å². The van der Waals surface area contributed by atoms with Crippen LogP contribution in [0.2, 0.25) is 0 Å². The summed E-state index contributed by atoms with van der Waals surface area (Å²) in [6.45, 7) is 3.31. The van der Waals surface area contributed by atoms with Crippen LogP contribution in [-0.2, 0) is 4.79 Å². The highest BCUT2D eigenvalue weighted by molar-refractivity contribution is 5.89. The molecular formula is C21H18N4O2. The van der Waals surface area contributed by atoms with Gasteiger partial charge in [-0.05, 0) is 54.4 Å². The third kappa shape index (κ3) is 3.72. The molecule has 6 heteroatoms. The van der Waals surface area contributed by atoms with Crippen molar-refractivity contribution in [3.63, 3.8) is 0 Å². The lowest BCUT2D eigenvalue weighted by Crippen LogP contribution is -2.05. The highest BCUT2D eigenvalue weighted by Gasteiger charge is 2.15. The lowest BCUT2D eigenvalue weighted by Gasteiger charge is -2.12. The van der Waals surface area contributed by atoms with Gasteiger partial charge in [0.1, 0.15) is 23.2 Å². The quantitative estimate of drug-likeness (QED) is 0.658. The molecule has 0 atom stereocenters. The Morgan fingerprint density at radius 2 is 1.85 bits per heavy atom. The average Bonchev–Trinajstić information content (AvgIpc) is 2.61. The van der Waals surface area contributed by atoms with Crippen molar-refractivity contribution in [1.82, 2.24) is 4.98 Å². The fraction of sp³-hybridized carbons (Fsp3) is 0.0952. The summed E-state index contributed by atoms with van der Waals surface area (Å²) in [5.74, 6) is 0.161. The third-order valence-electron chi connectivity index (χ3n) is 4.16. The Labute approximate surface area is 156 Å². The number of phenolic OH excluding ortho intramolecular Hbond substituents is 1. The Morgan fingerprint density at radius 1 is 1.15 bits per heavy atom. The van der Waals surface area contributed by atoms with Gasteiger partial charge in [-0.2, -0.15) is 5.26 Å². The maximum Gasteiger partial charge on any atom is 0.221 e. The number of carbonyl (C=O) groups is 1. The van der Waals surface area contributed by atoms with E-state index in [1.54, 1.807) is 30.3 Å². The summed E-state index contributed by atoms with van der Waals surface area (Å²) in [6, 6.07) is 16.1. The van der Waals surface area contributed by atoms with E-state index in [2.05, 4.69) is 16.4 Å². The van der Waals surface area contributed by atoms with Crippen LogP contribution in [0.1, 0.15) is 18.1 Å². The van der Waals surface area contributed by atoms with Crippen LogP contribution in [0.25, 0.3) is 22.4 Å². The van der Waals surface area contributed by atoms with Crippen molar-refractivity contribution in [2.45, 2.75) is 13.8 Å². The second kappa shape index (κ2) is 7.18. The minimum Gasteiger partial charge on any atom is -0.508 e. The number of nitrogens with zero attached hydrogens (tertiary/aromatic N) is 2. The molecule has 0 spiro atoms. The second-order valence-corrected chi connectivity index (χ2v) is 6.18. The number of nitrogen functional groups attached to an aromatic ring is 1. The van der Waals surface area contributed by atoms with Gasteiger partial charge in [0, 0.05) is 23.7 Å². The molecule has 0 aliphatic carbocycles. The molecule has 134 valence electrons. The predicted molar refractivity (Wildman–Crippen MR) is 105 cm³/mol. The largest absolute Gasteiger partial charge is 0.508 e. The van der Waals surface area contributed by atoms with E-state index in [9.17, 15) is 15.2 Å². The summed E-state index contributed by atoms with van der Waals surface area (Å²) in [5, 5.41) is 21.9. The number of aromatic nitrogens is 1. The number of nitrogens with two attached hydrogens (primary N) is 1. The smallest absolute Gasteiger partial charge is 0.221 e. The minimum atomic E-state index is -0.154. The van der Waals surface area contributed by atoms with Gasteiger partial charge in [-0.3, -0.25) is 4.79 Å². The van der Waals surface area contributed by atoms with Crippen molar-refractivity contribution in [3.05, 3.63) is 59.7 Å². The first kappa shape index (κ1) is 18.0. The van der Waals surface area contributed by atoms with Crippen molar-refractivity contribution in [2.24, 2.45) is 0 Å². The van der Waals surface area contributed by atoms with Crippen LogP contribution in [0.15, 0.2) is 48.5 Å². The molecule has 1 heterocycles. The van der Waals surface area contributed by atoms with E-state index >= 15 is 0 Å². The maximum atomic E-state index is 11.2. The van der Waals surface area contributed by atoms with Crippen LogP contribution in [0.4, 0.5) is 11.5 Å². The van der Waals surface area contributed by atoms with E-state index in [1.165, 1.54) is 6.92 Å². The maximum absolute atomic E-state index is 11.2. The van der Waals surface area contributed by atoms with E-state index in [1.807, 2.05) is 25.1 Å². The first-order valence-electron chi connectivity index (χ1n) is 8.27. The zero-order valence-electron chi connectivity index (χ0n) is 14.9. The number of nitrogens with one attached hydrogen (secondary N) is 1. The molecule has 0 unspecified atom stereocenters. The number of aryl methyl sites for hydroxylation is 1. The van der Waals surface area contributed by atoms with Crippen LogP contribution in [0.3, 0.4) is 0 Å². The molecule has 4 N–H and O–H groups in total. The Bertz CT molecular complexity index is 1070. The molecule has 0 saturated carbocycles. The van der Waals surface area contributed by atoms with Gasteiger partial charge in [-0.15, -0.1) is 0 Å². The van der Waals surface area contributed by atoms with E-state index in [0.29, 0.717) is 22.5 Å². The van der Waals surface area contributed by atoms with Gasteiger partial charge in [-0.1, -0.05) is 12.1 Å². The number of anilines is 2. The standard InChI is InChI=1S/C21H18N4O2/c1-12-9-16(27)7-8-17(12)20-10-18(19(11-22)21(23)25-20)14-3-5-15(6-4-14)24-13(2)26/h3-10,27H,1-2H3,(H2,23,25)(H,24,26). The SMILES string of the molecule is CC(=O)Nc1ccc(-c2cc(-c3ccc(O)cc3C)nc(N)c2C#N)cc1. The third-order valence-corrected chi connectivity index (χ3v) is 4.16. The molecule has 27 heavy (non-hydrogen) atoms. The van der Waals surface area contributed by atoms with Crippen molar-refractivity contribution in [3.8, 4) is 34.2 Å². The number of nitriles is 1. The first-order chi connectivity index (χ1) is 12.9. The van der Waals surface area contributed by atoms with Gasteiger partial charge in [0.2, 0.25) is 5.91 Å². The number of benzene rings is 2. The van der Waals surface area contributed by atoms with E-state index in [-0.39, 0.29) is 17.5 Å². The Balaban J connectivity index is 2.13. The van der Waals surface area contributed by atoms with E-state index in [0.717, 1.165) is 16.7 Å².